The highest BCUT2D eigenvalue weighted by Crippen LogP contribution is 2.22. The summed E-state index contributed by atoms with van der Waals surface area (Å²) in [5.41, 5.74) is 0.798. The minimum Gasteiger partial charge on any atom is -0.303 e. The highest BCUT2D eigenvalue weighted by atomic mass is 32.2. The summed E-state index contributed by atoms with van der Waals surface area (Å²) in [7, 11) is -1.70. The zero-order chi connectivity index (χ0) is 16.2. The first-order valence-electron chi connectivity index (χ1n) is 7.84. The molecule has 1 atom stereocenters. The lowest BCUT2D eigenvalue weighted by Crippen LogP contribution is -2.33. The number of nitrogens with zero attached hydrogens (tertiary/aromatic N) is 2. The van der Waals surface area contributed by atoms with Gasteiger partial charge < -0.3 is 4.90 Å². The van der Waals surface area contributed by atoms with Gasteiger partial charge in [0.2, 0.25) is 10.0 Å². The Labute approximate surface area is 133 Å². The molecule has 1 aromatic carbocycles. The fourth-order valence-electron chi connectivity index (χ4n) is 2.81. The monoisotopic (exact) mass is 328 g/mol. The van der Waals surface area contributed by atoms with Crippen molar-refractivity contribution < 1.29 is 12.8 Å². The van der Waals surface area contributed by atoms with Crippen LogP contribution in [0.1, 0.15) is 37.8 Å². The van der Waals surface area contributed by atoms with E-state index in [0.29, 0.717) is 6.42 Å². The van der Waals surface area contributed by atoms with Gasteiger partial charge in [0, 0.05) is 13.1 Å². The van der Waals surface area contributed by atoms with Gasteiger partial charge in [0.1, 0.15) is 5.82 Å². The Kier molecular flexibility index (Phi) is 5.94. The average Bonchev–Trinajstić information content (AvgIpc) is 2.99. The van der Waals surface area contributed by atoms with Crippen molar-refractivity contribution in [3.63, 3.8) is 0 Å². The topological polar surface area (TPSA) is 40.6 Å². The molecule has 22 heavy (non-hydrogen) atoms. The molecule has 1 aliphatic rings. The van der Waals surface area contributed by atoms with Crippen LogP contribution in [-0.4, -0.2) is 50.1 Å². The molecule has 0 amide bonds. The summed E-state index contributed by atoms with van der Waals surface area (Å²) in [6, 6.07) is 5.70. The first kappa shape index (κ1) is 17.4. The molecule has 2 rings (SSSR count). The average molecular weight is 328 g/mol. The summed E-state index contributed by atoms with van der Waals surface area (Å²) in [5.74, 6) is -0.155. The molecule has 1 saturated heterocycles. The number of likely N-dealkylation sites (tertiary alicyclic amines) is 1. The van der Waals surface area contributed by atoms with Gasteiger partial charge >= 0.3 is 0 Å². The van der Waals surface area contributed by atoms with Crippen LogP contribution < -0.4 is 0 Å². The standard InChI is InChI=1S/C16H25FN2O2S/c1-14(15-6-8-16(17)9-7-15)18(2)22(20,21)13-5-12-19-10-3-4-11-19/h6-9,14H,3-5,10-13H2,1-2H3/t14-/m1/s1. The van der Waals surface area contributed by atoms with Gasteiger partial charge in [-0.1, -0.05) is 12.1 Å². The van der Waals surface area contributed by atoms with Crippen molar-refractivity contribution >= 4 is 10.0 Å². The van der Waals surface area contributed by atoms with Gasteiger partial charge in [0.15, 0.2) is 0 Å². The highest BCUT2D eigenvalue weighted by molar-refractivity contribution is 7.89. The molecule has 0 saturated carbocycles. The maximum Gasteiger partial charge on any atom is 0.214 e. The largest absolute Gasteiger partial charge is 0.303 e. The van der Waals surface area contributed by atoms with Crippen LogP contribution in [0.3, 0.4) is 0 Å². The zero-order valence-corrected chi connectivity index (χ0v) is 14.2. The Morgan fingerprint density at radius 2 is 1.82 bits per heavy atom. The molecule has 124 valence electrons. The van der Waals surface area contributed by atoms with Crippen LogP contribution >= 0.6 is 0 Å². The second kappa shape index (κ2) is 7.53. The maximum absolute atomic E-state index is 13.0. The molecule has 1 heterocycles. The lowest BCUT2D eigenvalue weighted by atomic mass is 10.1. The molecule has 0 aliphatic carbocycles. The van der Waals surface area contributed by atoms with Crippen molar-refractivity contribution in [2.45, 2.75) is 32.2 Å². The summed E-state index contributed by atoms with van der Waals surface area (Å²) >= 11 is 0. The lowest BCUT2D eigenvalue weighted by molar-refractivity contribution is 0.337. The number of hydrogen-bond acceptors (Lipinski definition) is 3. The van der Waals surface area contributed by atoms with Crippen molar-refractivity contribution in [2.24, 2.45) is 0 Å². The molecular weight excluding hydrogens is 303 g/mol. The molecule has 0 N–H and O–H groups in total. The molecule has 0 aromatic heterocycles. The van der Waals surface area contributed by atoms with E-state index in [9.17, 15) is 12.8 Å². The van der Waals surface area contributed by atoms with Crippen LogP contribution in [-0.2, 0) is 10.0 Å². The summed E-state index contributed by atoms with van der Waals surface area (Å²) in [4.78, 5) is 2.32. The summed E-state index contributed by atoms with van der Waals surface area (Å²) in [6.45, 7) is 4.84. The van der Waals surface area contributed by atoms with Crippen LogP contribution in [0.4, 0.5) is 4.39 Å². The third kappa shape index (κ3) is 4.51. The van der Waals surface area contributed by atoms with Crippen LogP contribution in [0.15, 0.2) is 24.3 Å². The van der Waals surface area contributed by atoms with Crippen molar-refractivity contribution in [3.8, 4) is 0 Å². The first-order valence-corrected chi connectivity index (χ1v) is 9.44. The molecule has 1 aromatic rings. The predicted octanol–water partition coefficient (Wildman–Crippen LogP) is 2.63. The van der Waals surface area contributed by atoms with Gasteiger partial charge in [0.05, 0.1) is 5.75 Å². The Morgan fingerprint density at radius 3 is 2.41 bits per heavy atom. The van der Waals surface area contributed by atoms with E-state index < -0.39 is 10.0 Å². The minimum absolute atomic E-state index is 0.158. The summed E-state index contributed by atoms with van der Waals surface area (Å²) in [6.07, 6.45) is 3.09. The Bertz CT molecular complexity index is 568. The van der Waals surface area contributed by atoms with E-state index in [1.54, 1.807) is 19.2 Å². The predicted molar refractivity (Wildman–Crippen MR) is 86.7 cm³/mol. The fourth-order valence-corrected chi connectivity index (χ4v) is 4.20. The quantitative estimate of drug-likeness (QED) is 0.772. The van der Waals surface area contributed by atoms with Gasteiger partial charge in [-0.05, 0) is 63.5 Å². The molecule has 0 bridgehead atoms. The van der Waals surface area contributed by atoms with Crippen molar-refractivity contribution in [1.29, 1.82) is 0 Å². The molecule has 0 spiro atoms. The zero-order valence-electron chi connectivity index (χ0n) is 13.3. The minimum atomic E-state index is -3.30. The molecule has 4 nitrogen and oxygen atoms in total. The molecule has 0 unspecified atom stereocenters. The summed E-state index contributed by atoms with van der Waals surface area (Å²) in [5, 5.41) is 0. The van der Waals surface area contributed by atoms with Crippen molar-refractivity contribution in [3.05, 3.63) is 35.6 Å². The number of rotatable bonds is 7. The molecule has 6 heteroatoms. The van der Waals surface area contributed by atoms with E-state index in [0.717, 1.165) is 25.2 Å². The number of benzene rings is 1. The van der Waals surface area contributed by atoms with Crippen molar-refractivity contribution in [2.75, 3.05) is 32.4 Å². The van der Waals surface area contributed by atoms with E-state index in [1.165, 1.54) is 29.3 Å². The van der Waals surface area contributed by atoms with E-state index in [4.69, 9.17) is 0 Å². The van der Waals surface area contributed by atoms with Gasteiger partial charge in [-0.3, -0.25) is 0 Å². The van der Waals surface area contributed by atoms with E-state index in [-0.39, 0.29) is 17.6 Å². The Morgan fingerprint density at radius 1 is 1.23 bits per heavy atom. The number of hydrogen-bond donors (Lipinski definition) is 0. The lowest BCUT2D eigenvalue weighted by Gasteiger charge is -2.25. The van der Waals surface area contributed by atoms with Gasteiger partial charge in [-0.15, -0.1) is 0 Å². The summed E-state index contributed by atoms with van der Waals surface area (Å²) < 4.78 is 39.2. The molecular formula is C16H25FN2O2S. The Balaban J connectivity index is 1.90. The van der Waals surface area contributed by atoms with Crippen LogP contribution in [0.25, 0.3) is 0 Å². The first-order chi connectivity index (χ1) is 10.4. The van der Waals surface area contributed by atoms with E-state index in [1.807, 2.05) is 6.92 Å². The van der Waals surface area contributed by atoms with E-state index in [2.05, 4.69) is 4.90 Å². The molecule has 1 fully saturated rings. The van der Waals surface area contributed by atoms with Crippen LogP contribution in [0, 0.1) is 5.82 Å². The third-order valence-corrected chi connectivity index (χ3v) is 6.41. The second-order valence-corrected chi connectivity index (χ2v) is 8.11. The third-order valence-electron chi connectivity index (χ3n) is 4.41. The normalized spacial score (nSPS) is 18.0. The number of halogens is 1. The molecule has 1 aliphatic heterocycles. The fraction of sp³-hybridized carbons (Fsp3) is 0.625. The second-order valence-electron chi connectivity index (χ2n) is 5.96. The highest BCUT2D eigenvalue weighted by Gasteiger charge is 2.24. The van der Waals surface area contributed by atoms with E-state index >= 15 is 0 Å². The van der Waals surface area contributed by atoms with Crippen LogP contribution in [0.5, 0.6) is 0 Å². The van der Waals surface area contributed by atoms with Crippen LogP contribution in [0.2, 0.25) is 0 Å². The SMILES string of the molecule is C[C@H](c1ccc(F)cc1)N(C)S(=O)(=O)CCCN1CCCC1. The Hall–Kier alpha value is -0.980. The van der Waals surface area contributed by atoms with Crippen molar-refractivity contribution in [1.82, 2.24) is 9.21 Å². The van der Waals surface area contributed by atoms with Gasteiger partial charge in [0.25, 0.3) is 0 Å². The van der Waals surface area contributed by atoms with Gasteiger partial charge in [-0.25, -0.2) is 12.8 Å². The van der Waals surface area contributed by atoms with Gasteiger partial charge in [-0.2, -0.15) is 4.31 Å². The number of sulfonamides is 1. The molecule has 0 radical (unpaired) electrons. The smallest absolute Gasteiger partial charge is 0.214 e. The maximum atomic E-state index is 13.0.